The van der Waals surface area contributed by atoms with Gasteiger partial charge in [-0.1, -0.05) is 0 Å². The number of esters is 1. The van der Waals surface area contributed by atoms with Crippen LogP contribution in [0.4, 0.5) is 8.78 Å². The van der Waals surface area contributed by atoms with Crippen molar-refractivity contribution in [3.63, 3.8) is 0 Å². The molecule has 1 aliphatic rings. The molecular weight excluding hydrogens is 250 g/mol. The van der Waals surface area contributed by atoms with E-state index < -0.39 is 19.4 Å². The molecule has 1 aliphatic carbocycles. The first kappa shape index (κ1) is 12.4. The molecule has 0 saturated carbocycles. The fraction of sp³-hybridized carbons (Fsp3) is 0.545. The van der Waals surface area contributed by atoms with Crippen molar-refractivity contribution in [1.29, 1.82) is 0 Å². The van der Waals surface area contributed by atoms with Gasteiger partial charge >= 0.3 is 12.6 Å². The average molecular weight is 262 g/mol. The van der Waals surface area contributed by atoms with E-state index in [9.17, 15) is 13.6 Å². The summed E-state index contributed by atoms with van der Waals surface area (Å²) in [5.74, 6) is -0.579. The third kappa shape index (κ3) is 3.01. The Morgan fingerprint density at radius 3 is 2.94 bits per heavy atom. The van der Waals surface area contributed by atoms with E-state index in [2.05, 4.69) is 9.47 Å². The molecule has 0 radical (unpaired) electrons. The molecule has 0 spiro atoms. The van der Waals surface area contributed by atoms with Crippen LogP contribution in [0.1, 0.15) is 33.6 Å². The van der Waals surface area contributed by atoms with Crippen molar-refractivity contribution in [2.45, 2.75) is 32.3 Å². The van der Waals surface area contributed by atoms with Crippen LogP contribution in [0.15, 0.2) is 5.38 Å². The van der Waals surface area contributed by atoms with E-state index in [4.69, 9.17) is 0 Å². The smallest absolute Gasteiger partial charge is 0.348 e. The van der Waals surface area contributed by atoms with Crippen molar-refractivity contribution in [2.24, 2.45) is 0 Å². The molecule has 1 aromatic rings. The van der Waals surface area contributed by atoms with Crippen molar-refractivity contribution in [1.82, 2.24) is 0 Å². The van der Waals surface area contributed by atoms with Gasteiger partial charge in [-0.3, -0.25) is 4.74 Å². The van der Waals surface area contributed by atoms with Gasteiger partial charge in [0.1, 0.15) is 0 Å². The van der Waals surface area contributed by atoms with Crippen molar-refractivity contribution in [2.75, 3.05) is 6.79 Å². The first-order chi connectivity index (χ1) is 8.18. The Bertz CT molecular complexity index is 403. The molecule has 0 bridgehead atoms. The van der Waals surface area contributed by atoms with Crippen LogP contribution in [0, 0.1) is 0 Å². The number of fused-ring (bicyclic) bond motifs is 1. The highest BCUT2D eigenvalue weighted by Gasteiger charge is 2.21. The average Bonchev–Trinajstić information content (AvgIpc) is 2.72. The summed E-state index contributed by atoms with van der Waals surface area (Å²) < 4.78 is 31.9. The third-order valence-corrected chi connectivity index (χ3v) is 3.75. The number of ether oxygens (including phenoxy) is 2. The summed E-state index contributed by atoms with van der Waals surface area (Å²) in [6.45, 7) is -3.62. The Labute approximate surface area is 101 Å². The summed E-state index contributed by atoms with van der Waals surface area (Å²) in [7, 11) is 0. The predicted octanol–water partition coefficient (Wildman–Crippen LogP) is 2.98. The summed E-state index contributed by atoms with van der Waals surface area (Å²) in [6, 6.07) is 0. The zero-order valence-corrected chi connectivity index (χ0v) is 9.90. The number of hydrogen-bond donors (Lipinski definition) is 0. The Morgan fingerprint density at radius 1 is 1.41 bits per heavy atom. The molecule has 0 unspecified atom stereocenters. The molecule has 0 aliphatic heterocycles. The number of thiophene rings is 1. The van der Waals surface area contributed by atoms with Crippen molar-refractivity contribution >= 4 is 17.3 Å². The summed E-state index contributed by atoms with van der Waals surface area (Å²) in [5, 5.41) is 1.74. The first-order valence-corrected chi connectivity index (χ1v) is 6.22. The van der Waals surface area contributed by atoms with Gasteiger partial charge in [-0.25, -0.2) is 4.79 Å². The minimum absolute atomic E-state index is 0.502. The summed E-state index contributed by atoms with van der Waals surface area (Å²) in [6.07, 6.45) is 4.04. The van der Waals surface area contributed by atoms with Crippen molar-refractivity contribution in [3.8, 4) is 0 Å². The van der Waals surface area contributed by atoms with Gasteiger partial charge < -0.3 is 4.74 Å². The molecule has 1 aromatic heterocycles. The fourth-order valence-corrected chi connectivity index (χ4v) is 3.00. The van der Waals surface area contributed by atoms with Gasteiger partial charge in [0.2, 0.25) is 0 Å². The normalized spacial score (nSPS) is 14.8. The Morgan fingerprint density at radius 2 is 2.18 bits per heavy atom. The first-order valence-electron chi connectivity index (χ1n) is 5.34. The molecule has 17 heavy (non-hydrogen) atoms. The summed E-state index contributed by atoms with van der Waals surface area (Å²) >= 11 is 1.53. The number of alkyl halides is 2. The summed E-state index contributed by atoms with van der Waals surface area (Å²) in [4.78, 5) is 12.8. The fourth-order valence-electron chi connectivity index (χ4n) is 1.88. The van der Waals surface area contributed by atoms with Gasteiger partial charge in [0, 0.05) is 10.3 Å². The van der Waals surface area contributed by atoms with E-state index in [-0.39, 0.29) is 0 Å². The van der Waals surface area contributed by atoms with Gasteiger partial charge in [0.05, 0.1) is 5.56 Å². The maximum absolute atomic E-state index is 11.7. The van der Waals surface area contributed by atoms with Crippen LogP contribution >= 0.6 is 11.3 Å². The molecule has 0 amide bonds. The van der Waals surface area contributed by atoms with Gasteiger partial charge in [-0.2, -0.15) is 8.78 Å². The van der Waals surface area contributed by atoms with Crippen LogP contribution < -0.4 is 0 Å². The molecule has 3 nitrogen and oxygen atoms in total. The molecular formula is C11H12F2O3S. The highest BCUT2D eigenvalue weighted by Crippen LogP contribution is 2.30. The number of hydrogen-bond acceptors (Lipinski definition) is 4. The minimum atomic E-state index is -2.92. The van der Waals surface area contributed by atoms with Gasteiger partial charge in [-0.05, 0) is 31.2 Å². The van der Waals surface area contributed by atoms with E-state index in [0.29, 0.717) is 5.56 Å². The monoisotopic (exact) mass is 262 g/mol. The molecule has 94 valence electrons. The maximum atomic E-state index is 11.7. The lowest BCUT2D eigenvalue weighted by molar-refractivity contribution is -0.175. The topological polar surface area (TPSA) is 35.5 Å². The van der Waals surface area contributed by atoms with Crippen LogP contribution in [-0.2, 0) is 22.3 Å². The number of rotatable bonds is 4. The molecule has 0 saturated heterocycles. The highest BCUT2D eigenvalue weighted by atomic mass is 32.1. The zero-order valence-electron chi connectivity index (χ0n) is 9.08. The maximum Gasteiger partial charge on any atom is 0.348 e. The van der Waals surface area contributed by atoms with E-state index in [1.807, 2.05) is 0 Å². The number of carbonyl (C=O) groups is 1. The Hall–Kier alpha value is -1.01. The summed E-state index contributed by atoms with van der Waals surface area (Å²) in [5.41, 5.74) is 1.52. The lowest BCUT2D eigenvalue weighted by Crippen LogP contribution is -2.13. The second kappa shape index (κ2) is 5.55. The molecule has 0 atom stereocenters. The number of carbonyl (C=O) groups excluding carboxylic acids is 1. The third-order valence-electron chi connectivity index (χ3n) is 2.67. The Kier molecular flexibility index (Phi) is 4.06. The Balaban J connectivity index is 1.97. The second-order valence-electron chi connectivity index (χ2n) is 3.74. The molecule has 6 heteroatoms. The largest absolute Gasteiger partial charge is 0.435 e. The van der Waals surface area contributed by atoms with Crippen LogP contribution in [0.5, 0.6) is 0 Å². The molecule has 0 aromatic carbocycles. The molecule has 2 rings (SSSR count). The SMILES string of the molecule is O=C(OCOC(F)F)c1csc2c1CCCC2. The van der Waals surface area contributed by atoms with E-state index in [0.717, 1.165) is 31.2 Å². The van der Waals surface area contributed by atoms with Crippen LogP contribution in [-0.4, -0.2) is 19.4 Å². The van der Waals surface area contributed by atoms with Gasteiger partial charge in [0.15, 0.2) is 6.79 Å². The molecule has 0 fully saturated rings. The predicted molar refractivity (Wildman–Crippen MR) is 58.3 cm³/mol. The number of halogens is 2. The van der Waals surface area contributed by atoms with Crippen molar-refractivity contribution in [3.05, 3.63) is 21.4 Å². The van der Waals surface area contributed by atoms with E-state index >= 15 is 0 Å². The van der Waals surface area contributed by atoms with Crippen molar-refractivity contribution < 1.29 is 23.0 Å². The van der Waals surface area contributed by atoms with Gasteiger partial charge in [0.25, 0.3) is 0 Å². The lowest BCUT2D eigenvalue weighted by atomic mass is 9.96. The lowest BCUT2D eigenvalue weighted by Gasteiger charge is -2.12. The quantitative estimate of drug-likeness (QED) is 0.618. The second-order valence-corrected chi connectivity index (χ2v) is 4.70. The number of aryl methyl sites for hydroxylation is 1. The van der Waals surface area contributed by atoms with Crippen LogP contribution in [0.3, 0.4) is 0 Å². The van der Waals surface area contributed by atoms with Crippen LogP contribution in [0.25, 0.3) is 0 Å². The molecule has 0 N–H and O–H groups in total. The molecule has 1 heterocycles. The van der Waals surface area contributed by atoms with Gasteiger partial charge in [-0.15, -0.1) is 11.3 Å². The van der Waals surface area contributed by atoms with Crippen LogP contribution in [0.2, 0.25) is 0 Å². The van der Waals surface area contributed by atoms with E-state index in [1.54, 1.807) is 5.38 Å². The standard InChI is InChI=1S/C11H12F2O3S/c12-11(13)16-6-15-10(14)8-5-17-9-4-2-1-3-7(8)9/h5,11H,1-4,6H2. The van der Waals surface area contributed by atoms with E-state index in [1.165, 1.54) is 16.2 Å². The highest BCUT2D eigenvalue weighted by molar-refractivity contribution is 7.10. The minimum Gasteiger partial charge on any atom is -0.435 e. The zero-order chi connectivity index (χ0) is 12.3.